The first-order valence-electron chi connectivity index (χ1n) is 6.85. The van der Waals surface area contributed by atoms with Crippen LogP contribution in [-0.2, 0) is 0 Å². The van der Waals surface area contributed by atoms with E-state index in [2.05, 4.69) is 24.5 Å². The number of nitrogens with two attached hydrogens (primary N) is 1. The smallest absolute Gasteiger partial charge is 0.124 e. The maximum atomic E-state index is 13.6. The molecule has 0 aliphatic heterocycles. The maximum absolute atomic E-state index is 13.6. The fourth-order valence-electron chi connectivity index (χ4n) is 2.91. The Kier molecular flexibility index (Phi) is 4.60. The van der Waals surface area contributed by atoms with Gasteiger partial charge in [-0.2, -0.15) is 0 Å². The van der Waals surface area contributed by atoms with Crippen molar-refractivity contribution in [2.75, 3.05) is 7.11 Å². The Morgan fingerprint density at radius 3 is 2.24 bits per heavy atom. The van der Waals surface area contributed by atoms with Crippen LogP contribution in [0, 0.1) is 26.6 Å². The van der Waals surface area contributed by atoms with Gasteiger partial charge in [0.2, 0.25) is 0 Å². The lowest BCUT2D eigenvalue weighted by Gasteiger charge is -2.23. The van der Waals surface area contributed by atoms with E-state index in [1.54, 1.807) is 13.2 Å². The third kappa shape index (κ3) is 3.06. The summed E-state index contributed by atoms with van der Waals surface area (Å²) in [5.41, 5.74) is 7.95. The van der Waals surface area contributed by atoms with Gasteiger partial charge in [-0.05, 0) is 55.7 Å². The minimum absolute atomic E-state index is 0.312. The van der Waals surface area contributed by atoms with Crippen molar-refractivity contribution in [3.05, 3.63) is 64.0 Å². The van der Waals surface area contributed by atoms with Gasteiger partial charge in [-0.3, -0.25) is 5.84 Å². The average Bonchev–Trinajstić information content (AvgIpc) is 2.42. The quantitative estimate of drug-likeness (QED) is 0.670. The van der Waals surface area contributed by atoms with Crippen molar-refractivity contribution in [2.45, 2.75) is 26.8 Å². The Morgan fingerprint density at radius 2 is 1.71 bits per heavy atom. The third-order valence-electron chi connectivity index (χ3n) is 3.70. The van der Waals surface area contributed by atoms with E-state index in [1.807, 2.05) is 13.8 Å². The second-order valence-electron chi connectivity index (χ2n) is 5.30. The molecule has 0 saturated heterocycles. The number of hydrogen-bond donors (Lipinski definition) is 2. The van der Waals surface area contributed by atoms with Crippen molar-refractivity contribution >= 4 is 0 Å². The van der Waals surface area contributed by atoms with Crippen LogP contribution in [0.1, 0.15) is 33.9 Å². The topological polar surface area (TPSA) is 47.3 Å². The Labute approximate surface area is 124 Å². The molecular weight excluding hydrogens is 267 g/mol. The third-order valence-corrected chi connectivity index (χ3v) is 3.70. The van der Waals surface area contributed by atoms with Gasteiger partial charge in [-0.1, -0.05) is 17.7 Å². The van der Waals surface area contributed by atoms with Crippen molar-refractivity contribution in [3.8, 4) is 5.75 Å². The van der Waals surface area contributed by atoms with E-state index >= 15 is 0 Å². The predicted octanol–water partition coefficient (Wildman–Crippen LogP) is 3.31. The molecule has 0 bridgehead atoms. The number of ether oxygens (including phenoxy) is 1. The van der Waals surface area contributed by atoms with E-state index in [0.29, 0.717) is 11.3 Å². The van der Waals surface area contributed by atoms with Crippen molar-refractivity contribution < 1.29 is 9.13 Å². The lowest BCUT2D eigenvalue weighted by Crippen LogP contribution is -2.30. The number of methoxy groups -OCH3 is 1. The molecule has 112 valence electrons. The lowest BCUT2D eigenvalue weighted by atomic mass is 9.90. The molecular formula is C17H21FN2O. The van der Waals surface area contributed by atoms with E-state index in [-0.39, 0.29) is 11.9 Å². The Hall–Kier alpha value is -1.91. The van der Waals surface area contributed by atoms with Crippen LogP contribution in [0.15, 0.2) is 30.3 Å². The molecule has 4 heteroatoms. The average molecular weight is 288 g/mol. The summed E-state index contributed by atoms with van der Waals surface area (Å²) >= 11 is 0. The summed E-state index contributed by atoms with van der Waals surface area (Å²) in [5, 5.41) is 0. The largest absolute Gasteiger partial charge is 0.496 e. The molecule has 3 N–H and O–H groups in total. The number of rotatable bonds is 4. The zero-order valence-electron chi connectivity index (χ0n) is 12.8. The van der Waals surface area contributed by atoms with Crippen LogP contribution in [0.25, 0.3) is 0 Å². The van der Waals surface area contributed by atoms with Gasteiger partial charge in [0.1, 0.15) is 11.6 Å². The SMILES string of the molecule is COc1ccc(F)cc1C(NN)c1c(C)cc(C)cc1C. The minimum atomic E-state index is -0.323. The standard InChI is InChI=1S/C17H21FN2O/c1-10-7-11(2)16(12(3)8-10)17(20-19)14-9-13(18)5-6-15(14)21-4/h5-9,17,20H,19H2,1-4H3. The van der Waals surface area contributed by atoms with Crippen LogP contribution in [0.2, 0.25) is 0 Å². The number of nitrogens with one attached hydrogen (secondary N) is 1. The molecule has 0 fully saturated rings. The lowest BCUT2D eigenvalue weighted by molar-refractivity contribution is 0.402. The van der Waals surface area contributed by atoms with Gasteiger partial charge in [0.25, 0.3) is 0 Å². The zero-order valence-corrected chi connectivity index (χ0v) is 12.8. The number of aryl methyl sites for hydroxylation is 3. The molecule has 0 amide bonds. The van der Waals surface area contributed by atoms with Gasteiger partial charge in [-0.25, -0.2) is 9.82 Å². The summed E-state index contributed by atoms with van der Waals surface area (Å²) in [6.07, 6.45) is 0. The van der Waals surface area contributed by atoms with E-state index in [9.17, 15) is 4.39 Å². The van der Waals surface area contributed by atoms with E-state index in [1.165, 1.54) is 17.7 Å². The number of hydrazine groups is 1. The summed E-state index contributed by atoms with van der Waals surface area (Å²) in [6.45, 7) is 6.12. The van der Waals surface area contributed by atoms with Gasteiger partial charge in [0.15, 0.2) is 0 Å². The zero-order chi connectivity index (χ0) is 15.6. The number of benzene rings is 2. The van der Waals surface area contributed by atoms with Crippen LogP contribution in [0.3, 0.4) is 0 Å². The van der Waals surface area contributed by atoms with Gasteiger partial charge in [-0.15, -0.1) is 0 Å². The molecule has 0 saturated carbocycles. The number of hydrogen-bond acceptors (Lipinski definition) is 3. The first-order valence-corrected chi connectivity index (χ1v) is 6.85. The van der Waals surface area contributed by atoms with Gasteiger partial charge < -0.3 is 4.74 Å². The first kappa shape index (κ1) is 15.5. The predicted molar refractivity (Wildman–Crippen MR) is 82.8 cm³/mol. The van der Waals surface area contributed by atoms with E-state index in [0.717, 1.165) is 16.7 Å². The summed E-state index contributed by atoms with van der Waals surface area (Å²) in [6, 6.07) is 8.33. The molecule has 0 radical (unpaired) electrons. The molecule has 1 unspecified atom stereocenters. The molecule has 0 spiro atoms. The maximum Gasteiger partial charge on any atom is 0.124 e. The van der Waals surface area contributed by atoms with E-state index < -0.39 is 0 Å². The molecule has 2 aromatic carbocycles. The number of halogens is 1. The summed E-state index contributed by atoms with van der Waals surface area (Å²) in [7, 11) is 1.57. The molecule has 0 heterocycles. The summed E-state index contributed by atoms with van der Waals surface area (Å²) < 4.78 is 19.0. The fraction of sp³-hybridized carbons (Fsp3) is 0.294. The highest BCUT2D eigenvalue weighted by Gasteiger charge is 2.21. The molecule has 0 aliphatic rings. The van der Waals surface area contributed by atoms with Crippen molar-refractivity contribution in [1.82, 2.24) is 5.43 Å². The monoisotopic (exact) mass is 288 g/mol. The van der Waals surface area contributed by atoms with Gasteiger partial charge in [0, 0.05) is 5.56 Å². The summed E-state index contributed by atoms with van der Waals surface area (Å²) in [4.78, 5) is 0. The van der Waals surface area contributed by atoms with Crippen LogP contribution >= 0.6 is 0 Å². The molecule has 1 atom stereocenters. The highest BCUT2D eigenvalue weighted by Crippen LogP contribution is 2.33. The first-order chi connectivity index (χ1) is 9.97. The molecule has 3 nitrogen and oxygen atoms in total. The highest BCUT2D eigenvalue weighted by atomic mass is 19.1. The Bertz CT molecular complexity index is 632. The van der Waals surface area contributed by atoms with Crippen molar-refractivity contribution in [3.63, 3.8) is 0 Å². The van der Waals surface area contributed by atoms with Crippen LogP contribution < -0.4 is 16.0 Å². The van der Waals surface area contributed by atoms with Crippen LogP contribution in [0.4, 0.5) is 4.39 Å². The molecule has 0 aromatic heterocycles. The van der Waals surface area contributed by atoms with E-state index in [4.69, 9.17) is 10.6 Å². The molecule has 2 rings (SSSR count). The normalized spacial score (nSPS) is 12.3. The van der Waals surface area contributed by atoms with Crippen molar-refractivity contribution in [1.29, 1.82) is 0 Å². The molecule has 0 aliphatic carbocycles. The Balaban J connectivity index is 2.63. The van der Waals surface area contributed by atoms with Crippen LogP contribution in [0.5, 0.6) is 5.75 Å². The second kappa shape index (κ2) is 6.24. The van der Waals surface area contributed by atoms with Crippen LogP contribution in [-0.4, -0.2) is 7.11 Å². The highest BCUT2D eigenvalue weighted by molar-refractivity contribution is 5.48. The second-order valence-corrected chi connectivity index (χ2v) is 5.30. The van der Waals surface area contributed by atoms with Crippen molar-refractivity contribution in [2.24, 2.45) is 5.84 Å². The summed E-state index contributed by atoms with van der Waals surface area (Å²) in [5.74, 6) is 6.06. The van der Waals surface area contributed by atoms with Gasteiger partial charge >= 0.3 is 0 Å². The van der Waals surface area contributed by atoms with Gasteiger partial charge in [0.05, 0.1) is 13.2 Å². The molecule has 21 heavy (non-hydrogen) atoms. The Morgan fingerprint density at radius 1 is 1.10 bits per heavy atom. The fourth-order valence-corrected chi connectivity index (χ4v) is 2.91. The minimum Gasteiger partial charge on any atom is -0.496 e. The molecule has 2 aromatic rings.